The van der Waals surface area contributed by atoms with Gasteiger partial charge in [-0.3, -0.25) is 0 Å². The zero-order valence-electron chi connectivity index (χ0n) is 14.7. The maximum atomic E-state index is 10.9. The van der Waals surface area contributed by atoms with Crippen LogP contribution in [0.3, 0.4) is 0 Å². The van der Waals surface area contributed by atoms with Crippen molar-refractivity contribution >= 4 is 37.7 Å². The van der Waals surface area contributed by atoms with Gasteiger partial charge in [0.15, 0.2) is 0 Å². The minimum Gasteiger partial charge on any atom is -0.872 e. The van der Waals surface area contributed by atoms with Gasteiger partial charge in [-0.15, -0.1) is 11.5 Å². The summed E-state index contributed by atoms with van der Waals surface area (Å²) >= 11 is 0. The molecule has 0 bridgehead atoms. The SMILES string of the molecule is CC(C)Cc1cccc([O-])c1.CC(C)Cc1cccc([O-])c1.[Ca+2]. The molecule has 0 aliphatic rings. The van der Waals surface area contributed by atoms with E-state index in [1.807, 2.05) is 24.3 Å². The van der Waals surface area contributed by atoms with Crippen LogP contribution in [0.5, 0.6) is 11.5 Å². The van der Waals surface area contributed by atoms with Gasteiger partial charge in [-0.05, 0) is 35.8 Å². The van der Waals surface area contributed by atoms with Gasteiger partial charge in [0.1, 0.15) is 0 Å². The van der Waals surface area contributed by atoms with E-state index in [4.69, 9.17) is 0 Å². The van der Waals surface area contributed by atoms with E-state index in [1.54, 1.807) is 24.3 Å². The Morgan fingerprint density at radius 2 is 1.04 bits per heavy atom. The molecule has 0 radical (unpaired) electrons. The van der Waals surface area contributed by atoms with E-state index in [0.29, 0.717) is 11.8 Å². The first-order chi connectivity index (χ1) is 10.4. The molecule has 0 aromatic heterocycles. The average molecular weight is 339 g/mol. The summed E-state index contributed by atoms with van der Waals surface area (Å²) in [5, 5.41) is 21.7. The van der Waals surface area contributed by atoms with Crippen molar-refractivity contribution < 1.29 is 10.2 Å². The van der Waals surface area contributed by atoms with E-state index in [0.717, 1.165) is 24.0 Å². The van der Waals surface area contributed by atoms with Crippen LogP contribution in [0.2, 0.25) is 0 Å². The Morgan fingerprint density at radius 1 is 0.696 bits per heavy atom. The second-order valence-electron chi connectivity index (χ2n) is 6.49. The van der Waals surface area contributed by atoms with Gasteiger partial charge in [0.05, 0.1) is 0 Å². The molecule has 2 nitrogen and oxygen atoms in total. The van der Waals surface area contributed by atoms with Crippen LogP contribution in [0.1, 0.15) is 38.8 Å². The predicted octanol–water partition coefficient (Wildman–Crippen LogP) is 3.54. The van der Waals surface area contributed by atoms with Gasteiger partial charge in [-0.1, -0.05) is 76.2 Å². The summed E-state index contributed by atoms with van der Waals surface area (Å²) in [5.74, 6) is 1.47. The molecule has 0 saturated carbocycles. The third-order valence-electron chi connectivity index (χ3n) is 3.08. The van der Waals surface area contributed by atoms with Gasteiger partial charge >= 0.3 is 37.7 Å². The molecule has 3 heteroatoms. The maximum absolute atomic E-state index is 10.9. The van der Waals surface area contributed by atoms with Crippen molar-refractivity contribution in [2.45, 2.75) is 40.5 Å². The molecule has 0 spiro atoms. The quantitative estimate of drug-likeness (QED) is 0.801. The molecule has 2 aromatic rings. The van der Waals surface area contributed by atoms with E-state index >= 15 is 0 Å². The largest absolute Gasteiger partial charge is 2.00 e. The van der Waals surface area contributed by atoms with Gasteiger partial charge < -0.3 is 10.2 Å². The fourth-order valence-electron chi connectivity index (χ4n) is 2.29. The number of benzene rings is 2. The molecular weight excluding hydrogens is 312 g/mol. The summed E-state index contributed by atoms with van der Waals surface area (Å²) in [5.41, 5.74) is 2.29. The van der Waals surface area contributed by atoms with Gasteiger partial charge in [-0.2, -0.15) is 0 Å². The van der Waals surface area contributed by atoms with Crippen molar-refractivity contribution in [3.05, 3.63) is 59.7 Å². The second kappa shape index (κ2) is 11.8. The molecule has 0 fully saturated rings. The summed E-state index contributed by atoms with van der Waals surface area (Å²) in [6, 6.07) is 14.2. The van der Waals surface area contributed by atoms with E-state index in [1.165, 1.54) is 0 Å². The van der Waals surface area contributed by atoms with Crippen molar-refractivity contribution in [2.24, 2.45) is 11.8 Å². The van der Waals surface area contributed by atoms with Crippen LogP contribution >= 0.6 is 0 Å². The normalized spacial score (nSPS) is 10.0. The topological polar surface area (TPSA) is 46.1 Å². The van der Waals surface area contributed by atoms with Crippen molar-refractivity contribution in [3.63, 3.8) is 0 Å². The zero-order valence-corrected chi connectivity index (χ0v) is 16.9. The minimum atomic E-state index is 0. The summed E-state index contributed by atoms with van der Waals surface area (Å²) in [7, 11) is 0. The van der Waals surface area contributed by atoms with Crippen LogP contribution in [-0.4, -0.2) is 37.7 Å². The van der Waals surface area contributed by atoms with Crippen LogP contribution in [0.15, 0.2) is 48.5 Å². The number of rotatable bonds is 4. The number of hydrogen-bond acceptors (Lipinski definition) is 2. The van der Waals surface area contributed by atoms with E-state index in [9.17, 15) is 10.2 Å². The van der Waals surface area contributed by atoms with E-state index < -0.39 is 0 Å². The third-order valence-corrected chi connectivity index (χ3v) is 3.08. The Morgan fingerprint density at radius 3 is 1.30 bits per heavy atom. The standard InChI is InChI=1S/2C10H14O.Ca/c2*1-8(2)6-9-4-3-5-10(11)7-9;/h2*3-5,7-8,11H,6H2,1-2H3;/q;;+2/p-2. The first-order valence-electron chi connectivity index (χ1n) is 7.88. The number of hydrogen-bond donors (Lipinski definition) is 0. The minimum absolute atomic E-state index is 0. The van der Waals surface area contributed by atoms with Crippen LogP contribution in [0, 0.1) is 11.8 Å². The zero-order chi connectivity index (χ0) is 16.5. The molecule has 0 heterocycles. The van der Waals surface area contributed by atoms with Crippen LogP contribution in [-0.2, 0) is 12.8 Å². The molecule has 2 rings (SSSR count). The smallest absolute Gasteiger partial charge is 0.872 e. The first-order valence-corrected chi connectivity index (χ1v) is 7.88. The van der Waals surface area contributed by atoms with E-state index in [2.05, 4.69) is 27.7 Å². The molecule has 0 N–H and O–H groups in total. The van der Waals surface area contributed by atoms with Crippen molar-refractivity contribution in [3.8, 4) is 11.5 Å². The average Bonchev–Trinajstić information content (AvgIpc) is 2.37. The summed E-state index contributed by atoms with van der Waals surface area (Å²) < 4.78 is 0. The fraction of sp³-hybridized carbons (Fsp3) is 0.400. The van der Waals surface area contributed by atoms with Gasteiger partial charge in [0.2, 0.25) is 0 Å². The van der Waals surface area contributed by atoms with E-state index in [-0.39, 0.29) is 49.2 Å². The first kappa shape index (κ1) is 22.3. The predicted molar refractivity (Wildman–Crippen MR) is 94.6 cm³/mol. The van der Waals surface area contributed by atoms with Gasteiger partial charge in [0, 0.05) is 0 Å². The van der Waals surface area contributed by atoms with Crippen molar-refractivity contribution in [1.82, 2.24) is 0 Å². The van der Waals surface area contributed by atoms with Gasteiger partial charge in [0.25, 0.3) is 0 Å². The molecule has 0 aliphatic carbocycles. The van der Waals surface area contributed by atoms with Crippen molar-refractivity contribution in [1.29, 1.82) is 0 Å². The third kappa shape index (κ3) is 10.6. The van der Waals surface area contributed by atoms with Crippen LogP contribution < -0.4 is 10.2 Å². The molecule has 23 heavy (non-hydrogen) atoms. The second-order valence-corrected chi connectivity index (χ2v) is 6.49. The van der Waals surface area contributed by atoms with Crippen LogP contribution in [0.25, 0.3) is 0 Å². The molecule has 0 atom stereocenters. The fourth-order valence-corrected chi connectivity index (χ4v) is 2.29. The van der Waals surface area contributed by atoms with Crippen LogP contribution in [0.4, 0.5) is 0 Å². The summed E-state index contributed by atoms with van der Waals surface area (Å²) in [6.45, 7) is 8.60. The Balaban J connectivity index is 0.000000403. The molecular formula is C20H26CaO2. The molecule has 0 aliphatic heterocycles. The Kier molecular flexibility index (Phi) is 11.4. The van der Waals surface area contributed by atoms with Crippen molar-refractivity contribution in [2.75, 3.05) is 0 Å². The summed E-state index contributed by atoms with van der Waals surface area (Å²) in [4.78, 5) is 0. The Labute approximate surface area is 170 Å². The molecule has 0 saturated heterocycles. The maximum Gasteiger partial charge on any atom is 2.00 e. The monoisotopic (exact) mass is 338 g/mol. The Bertz CT molecular complexity index is 514. The molecule has 120 valence electrons. The molecule has 0 unspecified atom stereocenters. The summed E-state index contributed by atoms with van der Waals surface area (Å²) in [6.07, 6.45) is 1.99. The molecule has 2 aromatic carbocycles. The molecule has 0 amide bonds. The Hall–Kier alpha value is -0.700. The van der Waals surface area contributed by atoms with Gasteiger partial charge in [-0.25, -0.2) is 0 Å².